The molecule has 1 aromatic rings. The molecule has 0 unspecified atom stereocenters. The number of amides is 1. The van der Waals surface area contributed by atoms with Crippen molar-refractivity contribution in [3.63, 3.8) is 0 Å². The molecule has 6 heteroatoms. The largest absolute Gasteiger partial charge is 0.337 e. The van der Waals surface area contributed by atoms with Crippen LogP contribution in [0, 0.1) is 23.7 Å². The molecule has 4 saturated carbocycles. The van der Waals surface area contributed by atoms with Crippen molar-refractivity contribution >= 4 is 27.1 Å². The van der Waals surface area contributed by atoms with E-state index in [0.29, 0.717) is 24.3 Å². The Labute approximate surface area is 153 Å². The molecule has 4 nitrogen and oxygen atoms in total. The van der Waals surface area contributed by atoms with Gasteiger partial charge in [0.2, 0.25) is 0 Å². The summed E-state index contributed by atoms with van der Waals surface area (Å²) < 4.78 is 23.7. The fraction of sp³-hybridized carbons (Fsp3) is 0.737. The summed E-state index contributed by atoms with van der Waals surface area (Å²) in [6.07, 6.45) is 7.19. The van der Waals surface area contributed by atoms with Crippen LogP contribution in [0.1, 0.15) is 52.2 Å². The second-order valence-electron chi connectivity index (χ2n) is 8.74. The third-order valence-electron chi connectivity index (χ3n) is 7.07. The fourth-order valence-electron chi connectivity index (χ4n) is 6.30. The smallest absolute Gasteiger partial charge is 0.263 e. The summed E-state index contributed by atoms with van der Waals surface area (Å²) in [7, 11) is -1.00. The minimum Gasteiger partial charge on any atom is -0.337 e. The van der Waals surface area contributed by atoms with Crippen molar-refractivity contribution in [2.75, 3.05) is 12.8 Å². The Balaban J connectivity index is 1.39. The molecule has 25 heavy (non-hydrogen) atoms. The van der Waals surface area contributed by atoms with Crippen LogP contribution < -0.4 is 0 Å². The first-order chi connectivity index (χ1) is 11.9. The van der Waals surface area contributed by atoms with Gasteiger partial charge in [-0.3, -0.25) is 4.79 Å². The maximum Gasteiger partial charge on any atom is 0.263 e. The first-order valence-electron chi connectivity index (χ1n) is 9.49. The summed E-state index contributed by atoms with van der Waals surface area (Å²) in [4.78, 5) is 17.0. The Kier molecular flexibility index (Phi) is 3.62. The number of hydrogen-bond acceptors (Lipinski definition) is 4. The van der Waals surface area contributed by atoms with Gasteiger partial charge in [0.15, 0.2) is 9.84 Å². The number of sulfone groups is 1. The molecule has 4 bridgehead atoms. The number of aryl methyl sites for hydroxylation is 1. The molecule has 4 fully saturated rings. The highest BCUT2D eigenvalue weighted by Crippen LogP contribution is 2.55. The minimum atomic E-state index is -2.98. The van der Waals surface area contributed by atoms with Crippen molar-refractivity contribution in [3.8, 4) is 0 Å². The van der Waals surface area contributed by atoms with Crippen molar-refractivity contribution in [3.05, 3.63) is 21.4 Å². The molecule has 136 valence electrons. The van der Waals surface area contributed by atoms with Crippen molar-refractivity contribution in [1.29, 1.82) is 0 Å². The predicted molar refractivity (Wildman–Crippen MR) is 98.4 cm³/mol. The van der Waals surface area contributed by atoms with Gasteiger partial charge in [-0.2, -0.15) is 0 Å². The van der Waals surface area contributed by atoms with Gasteiger partial charge in [-0.05, 0) is 73.8 Å². The van der Waals surface area contributed by atoms with E-state index in [2.05, 4.69) is 0 Å². The van der Waals surface area contributed by atoms with Gasteiger partial charge in [0.25, 0.3) is 5.91 Å². The number of carbonyl (C=O) groups is 1. The van der Waals surface area contributed by atoms with E-state index in [-0.39, 0.29) is 17.4 Å². The highest BCUT2D eigenvalue weighted by molar-refractivity contribution is 7.90. The second kappa shape index (κ2) is 5.56. The van der Waals surface area contributed by atoms with Gasteiger partial charge in [0, 0.05) is 18.0 Å². The quantitative estimate of drug-likeness (QED) is 0.793. The molecule has 1 aliphatic heterocycles. The first-order valence-corrected chi connectivity index (χ1v) is 12.1. The molecule has 0 saturated heterocycles. The molecule has 6 rings (SSSR count). The number of thiophene rings is 1. The van der Waals surface area contributed by atoms with Crippen molar-refractivity contribution < 1.29 is 13.2 Å². The lowest BCUT2D eigenvalue weighted by atomic mass is 9.54. The Morgan fingerprint density at radius 2 is 1.76 bits per heavy atom. The Morgan fingerprint density at radius 3 is 2.40 bits per heavy atom. The van der Waals surface area contributed by atoms with Gasteiger partial charge in [-0.15, -0.1) is 11.3 Å². The number of hydrogen-bond donors (Lipinski definition) is 0. The van der Waals surface area contributed by atoms with Gasteiger partial charge in [0.05, 0.1) is 16.4 Å². The summed E-state index contributed by atoms with van der Waals surface area (Å²) in [6.45, 7) is 0. The van der Waals surface area contributed by atoms with E-state index in [4.69, 9.17) is 0 Å². The molecule has 4 aliphatic carbocycles. The molecule has 0 atom stereocenters. The second-order valence-corrected chi connectivity index (χ2v) is 12.1. The summed E-state index contributed by atoms with van der Waals surface area (Å²) in [5.41, 5.74) is 0.859. The van der Waals surface area contributed by atoms with Crippen molar-refractivity contribution in [1.82, 2.24) is 4.90 Å². The van der Waals surface area contributed by atoms with E-state index in [9.17, 15) is 13.2 Å². The van der Waals surface area contributed by atoms with Crippen molar-refractivity contribution in [2.24, 2.45) is 23.7 Å². The number of nitrogens with zero attached hydrogens (tertiary/aromatic N) is 1. The standard InChI is InChI=1S/C19H25NO3S2/c1-20(18-13-5-11-4-12(7-13)8-14(18)6-11)19(21)17-9-15-10-25(22,23)3-2-16(15)24-17/h9,11-14,18H,2-8,10H2,1H3. The molecule has 1 aromatic heterocycles. The van der Waals surface area contributed by atoms with Gasteiger partial charge < -0.3 is 4.90 Å². The molecule has 1 amide bonds. The normalized spacial score (nSPS) is 37.7. The first kappa shape index (κ1) is 16.3. The average molecular weight is 380 g/mol. The van der Waals surface area contributed by atoms with Crippen LogP contribution in [0.3, 0.4) is 0 Å². The Bertz CT molecular complexity index is 798. The molecule has 2 heterocycles. The highest BCUT2D eigenvalue weighted by atomic mass is 32.2. The van der Waals surface area contributed by atoms with E-state index in [0.717, 1.165) is 27.2 Å². The lowest BCUT2D eigenvalue weighted by molar-refractivity contribution is -0.0489. The zero-order valence-electron chi connectivity index (χ0n) is 14.6. The van der Waals surface area contributed by atoms with E-state index in [1.165, 1.54) is 43.4 Å². The number of carbonyl (C=O) groups excluding carboxylic acids is 1. The van der Waals surface area contributed by atoms with Crippen molar-refractivity contribution in [2.45, 2.75) is 50.3 Å². The van der Waals surface area contributed by atoms with E-state index < -0.39 is 9.84 Å². The van der Waals surface area contributed by atoms with Crippen LogP contribution in [0.25, 0.3) is 0 Å². The molecule has 5 aliphatic rings. The SMILES string of the molecule is CN(C(=O)c1cc2c(s1)CCS(=O)(=O)C2)C1C2CC3CC(C2)CC1C3. The van der Waals surface area contributed by atoms with Gasteiger partial charge >= 0.3 is 0 Å². The molecule has 0 aromatic carbocycles. The summed E-state index contributed by atoms with van der Waals surface area (Å²) in [5.74, 6) is 3.60. The Morgan fingerprint density at radius 1 is 1.12 bits per heavy atom. The van der Waals surface area contributed by atoms with E-state index >= 15 is 0 Å². The van der Waals surface area contributed by atoms with Crippen LogP contribution in [-0.4, -0.2) is 38.1 Å². The number of fused-ring (bicyclic) bond motifs is 1. The summed E-state index contributed by atoms with van der Waals surface area (Å²) in [6, 6.07) is 2.24. The van der Waals surface area contributed by atoms with Crippen LogP contribution >= 0.6 is 11.3 Å². The van der Waals surface area contributed by atoms with Crippen LogP contribution in [0.2, 0.25) is 0 Å². The van der Waals surface area contributed by atoms with Crippen LogP contribution in [0.15, 0.2) is 6.07 Å². The fourth-order valence-corrected chi connectivity index (χ4v) is 9.08. The Hall–Kier alpha value is -0.880. The maximum atomic E-state index is 13.1. The number of rotatable bonds is 2. The molecular formula is C19H25NO3S2. The third kappa shape index (κ3) is 2.67. The molecule has 0 spiro atoms. The summed E-state index contributed by atoms with van der Waals surface area (Å²) >= 11 is 1.52. The van der Waals surface area contributed by atoms with E-state index in [1.54, 1.807) is 0 Å². The third-order valence-corrected chi connectivity index (χ3v) is 9.87. The minimum absolute atomic E-state index is 0.105. The van der Waals surface area contributed by atoms with E-state index in [1.807, 2.05) is 18.0 Å². The zero-order valence-corrected chi connectivity index (χ0v) is 16.2. The zero-order chi connectivity index (χ0) is 17.3. The topological polar surface area (TPSA) is 54.5 Å². The molecule has 0 N–H and O–H groups in total. The van der Waals surface area contributed by atoms with Crippen LogP contribution in [-0.2, 0) is 22.0 Å². The lowest BCUT2D eigenvalue weighted by Gasteiger charge is -2.56. The van der Waals surface area contributed by atoms with Gasteiger partial charge in [-0.1, -0.05) is 0 Å². The van der Waals surface area contributed by atoms with Crippen LogP contribution in [0.5, 0.6) is 0 Å². The predicted octanol–water partition coefficient (Wildman–Crippen LogP) is 3.12. The monoisotopic (exact) mass is 379 g/mol. The highest BCUT2D eigenvalue weighted by Gasteiger charge is 2.50. The van der Waals surface area contributed by atoms with Gasteiger partial charge in [-0.25, -0.2) is 8.42 Å². The van der Waals surface area contributed by atoms with Crippen LogP contribution in [0.4, 0.5) is 0 Å². The summed E-state index contributed by atoms with van der Waals surface area (Å²) in [5, 5.41) is 0. The molecular weight excluding hydrogens is 354 g/mol. The lowest BCUT2D eigenvalue weighted by Crippen LogP contribution is -2.56. The average Bonchev–Trinajstić information content (AvgIpc) is 2.94. The maximum absolute atomic E-state index is 13.1. The van der Waals surface area contributed by atoms with Gasteiger partial charge in [0.1, 0.15) is 0 Å². The molecule has 0 radical (unpaired) electrons.